The number of aliphatic hydroxyl groups is 2. The normalized spacial score (nSPS) is 16.4. The Kier molecular flexibility index (Phi) is 63.6. The highest BCUT2D eigenvalue weighted by Crippen LogP contribution is 2.22. The first kappa shape index (κ1) is 108. The molecule has 0 aromatic carbocycles. The number of likely N-dealkylation sites (tertiary alicyclic amines) is 1. The van der Waals surface area contributed by atoms with Gasteiger partial charge in [-0.1, -0.05) is 60.0 Å². The Morgan fingerprint density at radius 3 is 1.13 bits per heavy atom. The molecule has 642 valence electrons. The fraction of sp³-hybridized carbons (Fsp3) is 0.859. The van der Waals surface area contributed by atoms with Gasteiger partial charge in [-0.25, -0.2) is 24.0 Å². The number of piperidine rings is 1. The number of unbranched alkanes of at least 4 members (excludes halogenated alkanes) is 8. The Bertz CT molecular complexity index is 2900. The smallest absolute Gasteiger partial charge is 0.410 e. The van der Waals surface area contributed by atoms with Gasteiger partial charge in [-0.3, -0.25) is 33.8 Å². The third kappa shape index (κ3) is 58.5. The lowest BCUT2D eigenvalue weighted by atomic mass is 10.0. The molecule has 0 aliphatic carbocycles. The van der Waals surface area contributed by atoms with Gasteiger partial charge in [-0.2, -0.15) is 0 Å². The van der Waals surface area contributed by atoms with Crippen molar-refractivity contribution in [3.05, 3.63) is 41.8 Å². The number of nitrogens with zero attached hydrogens (tertiary/aromatic N) is 18. The van der Waals surface area contributed by atoms with Crippen LogP contribution in [0.15, 0.2) is 20.5 Å². The van der Waals surface area contributed by atoms with E-state index in [1.54, 1.807) is 61.1 Å². The summed E-state index contributed by atoms with van der Waals surface area (Å²) in [6.45, 7) is 26.5. The highest BCUT2D eigenvalue weighted by molar-refractivity contribution is 6.63. The molecule has 4 rings (SSSR count). The number of halogens is 1. The standard InChI is InChI=1S/C19H33N5O6.C16H29N5O4.C14H25N5O4.C11H21NO3.C6H11N3O2.C3H5ClO2.C2H6/c1-19(2,3)30-18(27)24-11-10-23(12-15(24)13-29-17(26)14-28-4)16(25)8-6-5-7-9-21-22-20;1-16(2,3)25-15(24)21-10-9-20(11-13(21)12-22)14(23)7-5-4-6-8-18-19-17;1-22-11-14(21)23-10-12-9-19(8-7-16-12)13(20)5-3-2-4-6-17-18-15;1-11(2,3)15-10(14)12-7-5-4-6-9(12)8-13;7-9-8-5-3-1-2-4-6(10)11;1-6-2-3(4)5;1-2/h15H,5-14H2,1-4H3;13,22H,4-12H2,1-3H3;12,16H,2-11H2,1H3;9,13H,4-8H2,1-3H3;1-5H2,(H,10,11);2H2,1H3;1-2H3. The van der Waals surface area contributed by atoms with Gasteiger partial charge in [0.1, 0.15) is 49.8 Å². The Morgan fingerprint density at radius 1 is 0.446 bits per heavy atom. The maximum Gasteiger partial charge on any atom is 0.410 e. The van der Waals surface area contributed by atoms with Gasteiger partial charge in [-0.15, -0.1) is 0 Å². The van der Waals surface area contributed by atoms with E-state index in [2.05, 4.69) is 50.2 Å². The maximum atomic E-state index is 12.6. The molecule has 4 aliphatic heterocycles. The summed E-state index contributed by atoms with van der Waals surface area (Å²) >= 11 is 4.81. The number of esters is 2. The topological polar surface area (TPSA) is 532 Å². The average molecular weight is 1620 g/mol. The number of methoxy groups -OCH3 is 3. The largest absolute Gasteiger partial charge is 0.481 e. The molecule has 4 unspecified atom stereocenters. The van der Waals surface area contributed by atoms with Crippen molar-refractivity contribution in [2.45, 2.75) is 239 Å². The van der Waals surface area contributed by atoms with E-state index in [1.165, 1.54) is 31.1 Å². The summed E-state index contributed by atoms with van der Waals surface area (Å²) in [6.07, 6.45) is 12.4. The summed E-state index contributed by atoms with van der Waals surface area (Å²) in [5, 5.41) is 43.5. The second-order valence-corrected chi connectivity index (χ2v) is 28.9. The van der Waals surface area contributed by atoms with Crippen LogP contribution in [0.25, 0.3) is 41.8 Å². The van der Waals surface area contributed by atoms with E-state index in [-0.39, 0.29) is 95.1 Å². The molecule has 0 spiro atoms. The fourth-order valence-corrected chi connectivity index (χ4v) is 10.6. The molecule has 4 atom stereocenters. The van der Waals surface area contributed by atoms with Crippen LogP contribution in [-0.4, -0.2) is 304 Å². The molecule has 6 amide bonds. The minimum Gasteiger partial charge on any atom is -0.481 e. The van der Waals surface area contributed by atoms with Gasteiger partial charge in [0.25, 0.3) is 0 Å². The van der Waals surface area contributed by atoms with Crippen molar-refractivity contribution in [1.29, 1.82) is 0 Å². The number of aliphatic carboxylic acids is 1. The molecular weight excluding hydrogens is 1490 g/mol. The number of nitrogens with one attached hydrogen (secondary N) is 1. The van der Waals surface area contributed by atoms with Gasteiger partial charge in [0.05, 0.1) is 37.4 Å². The number of amides is 6. The number of piperazine rings is 3. The number of aliphatic hydroxyl groups excluding tert-OH is 2. The van der Waals surface area contributed by atoms with Crippen molar-refractivity contribution < 1.29 is 101 Å². The fourth-order valence-electron chi connectivity index (χ4n) is 10.5. The molecule has 4 saturated heterocycles. The minimum atomic E-state index is -0.770. The number of carbonyl (C=O) groups excluding carboxylic acids is 9. The molecule has 0 bridgehead atoms. The van der Waals surface area contributed by atoms with Gasteiger partial charge >= 0.3 is 36.2 Å². The maximum absolute atomic E-state index is 12.6. The summed E-state index contributed by atoms with van der Waals surface area (Å²) in [5.41, 5.74) is 30.8. The second-order valence-electron chi connectivity index (χ2n) is 28.5. The number of carboxylic acid groups (broad SMARTS) is 1. The lowest BCUT2D eigenvalue weighted by molar-refractivity contribution is -0.151. The number of hydrogen-bond donors (Lipinski definition) is 4. The minimum absolute atomic E-state index is 0.00154. The van der Waals surface area contributed by atoms with Crippen molar-refractivity contribution in [2.24, 2.45) is 20.5 Å². The van der Waals surface area contributed by atoms with Crippen molar-refractivity contribution in [3.8, 4) is 0 Å². The van der Waals surface area contributed by atoms with Crippen LogP contribution in [-0.2, 0) is 71.5 Å². The van der Waals surface area contributed by atoms with Crippen LogP contribution in [0.5, 0.6) is 0 Å². The molecule has 4 N–H and O–H groups in total. The first-order valence-corrected chi connectivity index (χ1v) is 38.5. The number of rotatable bonds is 36. The van der Waals surface area contributed by atoms with E-state index in [0.29, 0.717) is 117 Å². The predicted molar refractivity (Wildman–Crippen MR) is 417 cm³/mol. The lowest BCUT2D eigenvalue weighted by Crippen LogP contribution is -2.59. The van der Waals surface area contributed by atoms with E-state index in [9.17, 15) is 53.1 Å². The van der Waals surface area contributed by atoms with Gasteiger partial charge in [0, 0.05) is 158 Å². The predicted octanol–water partition coefficient (Wildman–Crippen LogP) is 10.8. The zero-order valence-corrected chi connectivity index (χ0v) is 69.5. The number of azide groups is 4. The second kappa shape index (κ2) is 66.1. The Labute approximate surface area is 664 Å². The van der Waals surface area contributed by atoms with Crippen molar-refractivity contribution >= 4 is 70.8 Å². The van der Waals surface area contributed by atoms with Crippen LogP contribution in [0.4, 0.5) is 14.4 Å². The van der Waals surface area contributed by atoms with Gasteiger partial charge < -0.3 is 78.1 Å². The Hall–Kier alpha value is -8.41. The first-order valence-electron chi connectivity index (χ1n) is 38.1. The molecule has 41 heteroatoms. The zero-order valence-electron chi connectivity index (χ0n) is 68.7. The molecule has 0 saturated carbocycles. The monoisotopic (exact) mass is 1620 g/mol. The molecule has 0 aromatic rings. The van der Waals surface area contributed by atoms with Crippen LogP contribution in [0.3, 0.4) is 0 Å². The lowest BCUT2D eigenvalue weighted by Gasteiger charge is -2.41. The molecule has 112 heavy (non-hydrogen) atoms. The Balaban J connectivity index is -0.00000133. The number of carboxylic acids is 1. The highest BCUT2D eigenvalue weighted by Gasteiger charge is 2.37. The molecule has 40 nitrogen and oxygen atoms in total. The first-order chi connectivity index (χ1) is 53.1. The summed E-state index contributed by atoms with van der Waals surface area (Å²) in [4.78, 5) is 137. The van der Waals surface area contributed by atoms with Gasteiger partial charge in [0.2, 0.25) is 23.0 Å². The number of hydrogen-bond acceptors (Lipinski definition) is 25. The van der Waals surface area contributed by atoms with Crippen LogP contribution < -0.4 is 5.32 Å². The summed E-state index contributed by atoms with van der Waals surface area (Å²) in [5.74, 6) is -1.60. The summed E-state index contributed by atoms with van der Waals surface area (Å²) < 4.78 is 40.2. The van der Waals surface area contributed by atoms with Crippen LogP contribution in [0.2, 0.25) is 0 Å². The Morgan fingerprint density at radius 2 is 0.795 bits per heavy atom. The number of carbonyl (C=O) groups is 10. The molecule has 0 radical (unpaired) electrons. The summed E-state index contributed by atoms with van der Waals surface area (Å²) in [6, 6.07) is -1.05. The van der Waals surface area contributed by atoms with Crippen molar-refractivity contribution in [3.63, 3.8) is 0 Å². The quantitative estimate of drug-likeness (QED) is 0.00861. The molecule has 4 aliphatic rings. The van der Waals surface area contributed by atoms with E-state index < -0.39 is 64.2 Å². The molecular formula is C71H130ClN19O21. The van der Waals surface area contributed by atoms with Crippen LogP contribution in [0.1, 0.15) is 198 Å². The molecule has 4 fully saturated rings. The third-order valence-electron chi connectivity index (χ3n) is 15.7. The van der Waals surface area contributed by atoms with Crippen molar-refractivity contribution in [2.75, 3.05) is 159 Å². The molecule has 4 heterocycles. The van der Waals surface area contributed by atoms with Gasteiger partial charge in [0.15, 0.2) is 0 Å². The van der Waals surface area contributed by atoms with Gasteiger partial charge in [-0.05, 0) is 167 Å². The van der Waals surface area contributed by atoms with E-state index in [4.69, 9.17) is 77.1 Å². The van der Waals surface area contributed by atoms with Crippen LogP contribution in [0, 0.1) is 0 Å². The zero-order chi connectivity index (χ0) is 85.4. The summed E-state index contributed by atoms with van der Waals surface area (Å²) in [7, 11) is 4.25. The number of ether oxygens (including phenoxy) is 8. The highest BCUT2D eigenvalue weighted by atomic mass is 35.5. The SMILES string of the molecule is CC.CC(C)(C)OC(=O)N1CCCCC1CO.CC(C)(C)OC(=O)N1CCN(C(=O)CCCCCN=[N+]=[N-])CC1CO.COCC(=O)Cl.COCC(=O)OCC1CN(C(=O)CCCCCN=[N+]=[N-])CCN1.COCC(=O)OCC1CN(C(=O)CCCCCN=[N+]=[N-])CCN1C(=O)OC(C)(C)C.[N-]=[N+]=NCCCCCC(=O)O. The third-order valence-corrected chi connectivity index (χ3v) is 15.8. The van der Waals surface area contributed by atoms with E-state index >= 15 is 0 Å². The molecule has 0 aromatic heterocycles. The van der Waals surface area contributed by atoms with Crippen molar-refractivity contribution in [1.82, 2.24) is 34.7 Å². The average Bonchev–Trinajstić information content (AvgIpc) is 0.831. The van der Waals surface area contributed by atoms with Crippen LogP contribution >= 0.6 is 11.6 Å². The van der Waals surface area contributed by atoms with E-state index in [0.717, 1.165) is 83.5 Å². The van der Waals surface area contributed by atoms with E-state index in [1.807, 2.05) is 34.6 Å².